The summed E-state index contributed by atoms with van der Waals surface area (Å²) in [6.45, 7) is 2.26. The molecular formula is C17H22N2O. The van der Waals surface area contributed by atoms with Gasteiger partial charge in [-0.15, -0.1) is 0 Å². The van der Waals surface area contributed by atoms with Crippen LogP contribution in [0.5, 0.6) is 0 Å². The lowest BCUT2D eigenvalue weighted by Gasteiger charge is -2.37. The van der Waals surface area contributed by atoms with Gasteiger partial charge < -0.3 is 10.4 Å². The zero-order valence-electron chi connectivity index (χ0n) is 12.0. The molecule has 3 rings (SSSR count). The van der Waals surface area contributed by atoms with Gasteiger partial charge in [0.2, 0.25) is 0 Å². The molecule has 0 aliphatic heterocycles. The molecule has 2 N–H and O–H groups in total. The molecule has 20 heavy (non-hydrogen) atoms. The second kappa shape index (κ2) is 5.41. The van der Waals surface area contributed by atoms with E-state index in [9.17, 15) is 5.11 Å². The summed E-state index contributed by atoms with van der Waals surface area (Å²) in [5.41, 5.74) is 1.96. The summed E-state index contributed by atoms with van der Waals surface area (Å²) in [4.78, 5) is 4.74. The highest BCUT2D eigenvalue weighted by molar-refractivity contribution is 5.81. The molecule has 1 aromatic heterocycles. The van der Waals surface area contributed by atoms with Crippen molar-refractivity contribution in [2.75, 3.05) is 11.9 Å². The molecule has 1 aromatic carbocycles. The number of pyridine rings is 1. The van der Waals surface area contributed by atoms with E-state index in [0.29, 0.717) is 0 Å². The van der Waals surface area contributed by atoms with Gasteiger partial charge in [-0.3, -0.25) is 0 Å². The molecule has 1 aliphatic carbocycles. The van der Waals surface area contributed by atoms with Crippen LogP contribution in [-0.2, 0) is 0 Å². The SMILES string of the molecule is Cc1cc2ccccc2nc1NC1(CO)CCCCC1. The second-order valence-electron chi connectivity index (χ2n) is 5.97. The third-order valence-electron chi connectivity index (χ3n) is 4.41. The fraction of sp³-hybridized carbons (Fsp3) is 0.471. The first-order chi connectivity index (χ1) is 9.72. The van der Waals surface area contributed by atoms with E-state index in [4.69, 9.17) is 4.98 Å². The number of nitrogens with zero attached hydrogens (tertiary/aromatic N) is 1. The maximum atomic E-state index is 9.82. The average molecular weight is 270 g/mol. The zero-order chi connectivity index (χ0) is 14.0. The van der Waals surface area contributed by atoms with Crippen LogP contribution < -0.4 is 5.32 Å². The Morgan fingerprint density at radius 3 is 2.70 bits per heavy atom. The molecule has 1 saturated carbocycles. The molecule has 0 spiro atoms. The smallest absolute Gasteiger partial charge is 0.130 e. The molecule has 0 unspecified atom stereocenters. The molecule has 0 bridgehead atoms. The van der Waals surface area contributed by atoms with Gasteiger partial charge in [0.25, 0.3) is 0 Å². The van der Waals surface area contributed by atoms with Crippen LogP contribution in [0.1, 0.15) is 37.7 Å². The minimum atomic E-state index is -0.182. The first-order valence-corrected chi connectivity index (χ1v) is 7.48. The normalized spacial score (nSPS) is 18.1. The highest BCUT2D eigenvalue weighted by Crippen LogP contribution is 2.32. The van der Waals surface area contributed by atoms with E-state index in [2.05, 4.69) is 24.4 Å². The fourth-order valence-corrected chi connectivity index (χ4v) is 3.15. The van der Waals surface area contributed by atoms with Crippen LogP contribution in [0, 0.1) is 6.92 Å². The van der Waals surface area contributed by atoms with Crippen LogP contribution >= 0.6 is 0 Å². The Bertz CT molecular complexity index is 603. The Kier molecular flexibility index (Phi) is 3.62. The molecule has 1 aliphatic rings. The number of hydrogen-bond acceptors (Lipinski definition) is 3. The molecule has 1 heterocycles. The molecule has 1 fully saturated rings. The number of rotatable bonds is 3. The summed E-state index contributed by atoms with van der Waals surface area (Å²) in [5, 5.41) is 14.5. The van der Waals surface area contributed by atoms with Crippen molar-refractivity contribution in [3.63, 3.8) is 0 Å². The number of aryl methyl sites for hydroxylation is 1. The molecule has 2 aromatic rings. The fourth-order valence-electron chi connectivity index (χ4n) is 3.15. The highest BCUT2D eigenvalue weighted by atomic mass is 16.3. The van der Waals surface area contributed by atoms with E-state index < -0.39 is 0 Å². The van der Waals surface area contributed by atoms with Crippen molar-refractivity contribution in [2.24, 2.45) is 0 Å². The van der Waals surface area contributed by atoms with Crippen molar-refractivity contribution in [3.8, 4) is 0 Å². The molecule has 0 amide bonds. The minimum absolute atomic E-state index is 0.181. The summed E-state index contributed by atoms with van der Waals surface area (Å²) in [5.74, 6) is 0.916. The number of aliphatic hydroxyl groups excluding tert-OH is 1. The monoisotopic (exact) mass is 270 g/mol. The Morgan fingerprint density at radius 1 is 1.20 bits per heavy atom. The van der Waals surface area contributed by atoms with Gasteiger partial charge in [0.1, 0.15) is 5.82 Å². The van der Waals surface area contributed by atoms with Gasteiger partial charge in [-0.25, -0.2) is 4.98 Å². The molecular weight excluding hydrogens is 248 g/mol. The number of benzene rings is 1. The topological polar surface area (TPSA) is 45.2 Å². The van der Waals surface area contributed by atoms with Crippen LogP contribution in [0.25, 0.3) is 10.9 Å². The average Bonchev–Trinajstić information content (AvgIpc) is 2.49. The Labute approximate surface area is 120 Å². The van der Waals surface area contributed by atoms with Crippen LogP contribution in [0.3, 0.4) is 0 Å². The van der Waals surface area contributed by atoms with Crippen molar-refractivity contribution >= 4 is 16.7 Å². The Hall–Kier alpha value is -1.61. The largest absolute Gasteiger partial charge is 0.394 e. The quantitative estimate of drug-likeness (QED) is 0.895. The number of aromatic nitrogens is 1. The minimum Gasteiger partial charge on any atom is -0.394 e. The van der Waals surface area contributed by atoms with E-state index in [1.54, 1.807) is 0 Å². The van der Waals surface area contributed by atoms with Crippen molar-refractivity contribution in [1.29, 1.82) is 0 Å². The van der Waals surface area contributed by atoms with E-state index in [1.807, 2.05) is 18.2 Å². The van der Waals surface area contributed by atoms with Crippen LogP contribution in [0.4, 0.5) is 5.82 Å². The Balaban J connectivity index is 1.95. The van der Waals surface area contributed by atoms with Gasteiger partial charge in [0, 0.05) is 5.39 Å². The number of aliphatic hydroxyl groups is 1. The molecule has 106 valence electrons. The lowest BCUT2D eigenvalue weighted by molar-refractivity contribution is 0.172. The maximum absolute atomic E-state index is 9.82. The van der Waals surface area contributed by atoms with Crippen molar-refractivity contribution in [2.45, 2.75) is 44.6 Å². The first-order valence-electron chi connectivity index (χ1n) is 7.48. The predicted octanol–water partition coefficient (Wildman–Crippen LogP) is 3.65. The van der Waals surface area contributed by atoms with E-state index in [1.165, 1.54) is 19.3 Å². The molecule has 3 nitrogen and oxygen atoms in total. The second-order valence-corrected chi connectivity index (χ2v) is 5.97. The maximum Gasteiger partial charge on any atom is 0.130 e. The van der Waals surface area contributed by atoms with Gasteiger partial charge in [0.15, 0.2) is 0 Å². The standard InChI is InChI=1S/C17H22N2O/c1-13-11-14-7-3-4-8-15(14)18-16(13)19-17(12-20)9-5-2-6-10-17/h3-4,7-8,11,20H,2,5-6,9-10,12H2,1H3,(H,18,19). The summed E-state index contributed by atoms with van der Waals surface area (Å²) in [6, 6.07) is 10.3. The number of hydrogen-bond donors (Lipinski definition) is 2. The van der Waals surface area contributed by atoms with Gasteiger partial charge >= 0.3 is 0 Å². The molecule has 3 heteroatoms. The van der Waals surface area contributed by atoms with E-state index in [-0.39, 0.29) is 12.1 Å². The number of para-hydroxylation sites is 1. The number of fused-ring (bicyclic) bond motifs is 1. The van der Waals surface area contributed by atoms with Crippen LogP contribution in [0.15, 0.2) is 30.3 Å². The summed E-state index contributed by atoms with van der Waals surface area (Å²) < 4.78 is 0. The van der Waals surface area contributed by atoms with Gasteiger partial charge in [-0.05, 0) is 37.5 Å². The lowest BCUT2D eigenvalue weighted by atomic mass is 9.82. The summed E-state index contributed by atoms with van der Waals surface area (Å²) in [6.07, 6.45) is 5.68. The predicted molar refractivity (Wildman–Crippen MR) is 83.0 cm³/mol. The third kappa shape index (κ3) is 2.50. The van der Waals surface area contributed by atoms with Gasteiger partial charge in [-0.2, -0.15) is 0 Å². The van der Waals surface area contributed by atoms with Crippen LogP contribution in [-0.4, -0.2) is 22.2 Å². The van der Waals surface area contributed by atoms with Gasteiger partial charge in [0.05, 0.1) is 17.7 Å². The van der Waals surface area contributed by atoms with Crippen molar-refractivity contribution < 1.29 is 5.11 Å². The van der Waals surface area contributed by atoms with Crippen molar-refractivity contribution in [1.82, 2.24) is 4.98 Å². The van der Waals surface area contributed by atoms with Crippen molar-refractivity contribution in [3.05, 3.63) is 35.9 Å². The number of nitrogens with one attached hydrogen (secondary N) is 1. The summed E-state index contributed by atoms with van der Waals surface area (Å²) in [7, 11) is 0. The van der Waals surface area contributed by atoms with E-state index in [0.717, 1.165) is 35.1 Å². The lowest BCUT2D eigenvalue weighted by Crippen LogP contribution is -2.44. The molecule has 0 saturated heterocycles. The molecule has 0 radical (unpaired) electrons. The van der Waals surface area contributed by atoms with Crippen LogP contribution in [0.2, 0.25) is 0 Å². The van der Waals surface area contributed by atoms with Gasteiger partial charge in [-0.1, -0.05) is 37.5 Å². The highest BCUT2D eigenvalue weighted by Gasteiger charge is 2.31. The van der Waals surface area contributed by atoms with E-state index >= 15 is 0 Å². The third-order valence-corrected chi connectivity index (χ3v) is 4.41. The summed E-state index contributed by atoms with van der Waals surface area (Å²) >= 11 is 0. The molecule has 0 atom stereocenters. The first kappa shape index (κ1) is 13.4. The number of anilines is 1. The Morgan fingerprint density at radius 2 is 1.95 bits per heavy atom. The zero-order valence-corrected chi connectivity index (χ0v) is 12.0.